The molecular weight excluding hydrogens is 419 g/mol. The van der Waals surface area contributed by atoms with E-state index in [-0.39, 0.29) is 5.56 Å². The van der Waals surface area contributed by atoms with Crippen LogP contribution < -0.4 is 5.32 Å². The highest BCUT2D eigenvalue weighted by atomic mass is 19.1. The van der Waals surface area contributed by atoms with Crippen molar-refractivity contribution in [3.05, 3.63) is 83.8 Å². The van der Waals surface area contributed by atoms with Gasteiger partial charge in [-0.15, -0.1) is 5.10 Å². The third kappa shape index (κ3) is 3.40. The lowest BCUT2D eigenvalue weighted by atomic mass is 9.92. The summed E-state index contributed by atoms with van der Waals surface area (Å²) in [6.07, 6.45) is 1.77. The normalized spacial score (nSPS) is 11.8. The number of hydrogen-bond acceptors (Lipinski definition) is 5. The van der Waals surface area contributed by atoms with E-state index < -0.39 is 17.3 Å². The number of para-hydroxylation sites is 1. The van der Waals surface area contributed by atoms with Gasteiger partial charge in [0, 0.05) is 29.8 Å². The predicted molar refractivity (Wildman–Crippen MR) is 124 cm³/mol. The average molecular weight is 440 g/mol. The molecule has 0 fully saturated rings. The van der Waals surface area contributed by atoms with Gasteiger partial charge in [-0.1, -0.05) is 35.5 Å². The second kappa shape index (κ2) is 7.74. The Balaban J connectivity index is 1.63. The second-order valence-corrected chi connectivity index (χ2v) is 8.25. The van der Waals surface area contributed by atoms with Crippen LogP contribution in [-0.2, 0) is 5.54 Å². The number of carbonyl (C=O) groups excluding carboxylic acids is 1. The minimum absolute atomic E-state index is 0.0152. The smallest absolute Gasteiger partial charge is 0.253 e. The number of carbonyl (C=O) groups is 1. The van der Waals surface area contributed by atoms with Crippen molar-refractivity contribution in [2.45, 2.75) is 19.4 Å². The number of fused-ring (bicyclic) bond motifs is 2. The van der Waals surface area contributed by atoms with Crippen LogP contribution in [0.15, 0.2) is 66.9 Å². The van der Waals surface area contributed by atoms with Crippen LogP contribution >= 0.6 is 0 Å². The fraction of sp³-hybridized carbons (Fsp3) is 0.160. The van der Waals surface area contributed by atoms with E-state index in [2.05, 4.69) is 20.6 Å². The maximum absolute atomic E-state index is 14.5. The molecule has 1 amide bonds. The predicted octanol–water partition coefficient (Wildman–Crippen LogP) is 4.32. The largest absolute Gasteiger partial charge is 0.355 e. The van der Waals surface area contributed by atoms with Gasteiger partial charge in [0.25, 0.3) is 5.91 Å². The topological polar surface area (TPSA) is 85.6 Å². The molecule has 0 saturated carbocycles. The van der Waals surface area contributed by atoms with E-state index in [1.165, 1.54) is 19.2 Å². The number of nitrogens with one attached hydrogen (secondary N) is 1. The van der Waals surface area contributed by atoms with Gasteiger partial charge in [0.05, 0.1) is 22.3 Å². The van der Waals surface area contributed by atoms with E-state index in [0.717, 1.165) is 16.5 Å². The number of halogens is 1. The summed E-state index contributed by atoms with van der Waals surface area (Å²) in [5.74, 6) is -1.09. The van der Waals surface area contributed by atoms with Crippen LogP contribution in [-0.4, -0.2) is 37.9 Å². The number of nitrogens with zero attached hydrogens (tertiary/aromatic N) is 5. The molecule has 5 rings (SSSR count). The van der Waals surface area contributed by atoms with Crippen molar-refractivity contribution in [2.75, 3.05) is 7.05 Å². The summed E-state index contributed by atoms with van der Waals surface area (Å²) >= 11 is 0. The van der Waals surface area contributed by atoms with Gasteiger partial charge in [0.15, 0.2) is 5.65 Å². The van der Waals surface area contributed by atoms with E-state index in [4.69, 9.17) is 4.98 Å². The summed E-state index contributed by atoms with van der Waals surface area (Å²) < 4.78 is 16.3. The van der Waals surface area contributed by atoms with Gasteiger partial charge in [-0.2, -0.15) is 0 Å². The Kier molecular flexibility index (Phi) is 4.85. The summed E-state index contributed by atoms with van der Waals surface area (Å²) in [5.41, 5.74) is 3.56. The first-order chi connectivity index (χ1) is 15.9. The van der Waals surface area contributed by atoms with Crippen LogP contribution in [0.5, 0.6) is 0 Å². The molecule has 3 aromatic heterocycles. The molecule has 0 unspecified atom stereocenters. The average Bonchev–Trinajstić information content (AvgIpc) is 3.27. The molecule has 33 heavy (non-hydrogen) atoms. The zero-order valence-corrected chi connectivity index (χ0v) is 18.4. The van der Waals surface area contributed by atoms with Gasteiger partial charge in [-0.3, -0.25) is 9.78 Å². The molecular formula is C25H21FN6O. The molecule has 7 nitrogen and oxygen atoms in total. The summed E-state index contributed by atoms with van der Waals surface area (Å²) in [6.45, 7) is 4.08. The van der Waals surface area contributed by atoms with E-state index in [0.29, 0.717) is 22.4 Å². The van der Waals surface area contributed by atoms with Crippen LogP contribution in [0.25, 0.3) is 33.3 Å². The first kappa shape index (κ1) is 20.7. The summed E-state index contributed by atoms with van der Waals surface area (Å²) in [4.78, 5) is 21.2. The van der Waals surface area contributed by atoms with E-state index >= 15 is 0 Å². The lowest BCUT2D eigenvalue weighted by molar-refractivity contribution is 0.0959. The molecule has 1 N–H and O–H groups in total. The fourth-order valence-electron chi connectivity index (χ4n) is 4.05. The number of pyridine rings is 2. The highest BCUT2D eigenvalue weighted by Crippen LogP contribution is 2.32. The molecule has 3 heterocycles. The molecule has 164 valence electrons. The van der Waals surface area contributed by atoms with Crippen molar-refractivity contribution in [3.8, 4) is 11.3 Å². The van der Waals surface area contributed by atoms with Crippen LogP contribution in [0.3, 0.4) is 0 Å². The molecule has 2 aromatic carbocycles. The molecule has 0 spiro atoms. The minimum atomic E-state index is -0.609. The zero-order valence-electron chi connectivity index (χ0n) is 18.4. The van der Waals surface area contributed by atoms with Gasteiger partial charge in [0.2, 0.25) is 0 Å². The van der Waals surface area contributed by atoms with Gasteiger partial charge >= 0.3 is 0 Å². The monoisotopic (exact) mass is 440 g/mol. The highest BCUT2D eigenvalue weighted by Gasteiger charge is 2.29. The number of amides is 1. The van der Waals surface area contributed by atoms with Crippen molar-refractivity contribution in [3.63, 3.8) is 0 Å². The van der Waals surface area contributed by atoms with Crippen LogP contribution in [0, 0.1) is 5.82 Å². The van der Waals surface area contributed by atoms with E-state index in [9.17, 15) is 9.18 Å². The van der Waals surface area contributed by atoms with Crippen molar-refractivity contribution in [1.29, 1.82) is 0 Å². The van der Waals surface area contributed by atoms with Gasteiger partial charge in [-0.05, 0) is 44.2 Å². The third-order valence-electron chi connectivity index (χ3n) is 5.85. The van der Waals surface area contributed by atoms with Gasteiger partial charge in [0.1, 0.15) is 11.3 Å². The highest BCUT2D eigenvalue weighted by molar-refractivity contribution is 5.94. The van der Waals surface area contributed by atoms with Crippen molar-refractivity contribution < 1.29 is 9.18 Å². The van der Waals surface area contributed by atoms with Crippen molar-refractivity contribution in [2.24, 2.45) is 0 Å². The summed E-state index contributed by atoms with van der Waals surface area (Å²) in [6, 6.07) is 18.0. The van der Waals surface area contributed by atoms with Gasteiger partial charge in [-0.25, -0.2) is 14.1 Å². The first-order valence-electron chi connectivity index (χ1n) is 10.5. The summed E-state index contributed by atoms with van der Waals surface area (Å²) in [5, 5.41) is 12.2. The van der Waals surface area contributed by atoms with E-state index in [1.54, 1.807) is 23.0 Å². The Morgan fingerprint density at radius 1 is 1.06 bits per heavy atom. The number of rotatable bonds is 4. The second-order valence-electron chi connectivity index (χ2n) is 8.25. The molecule has 5 aromatic rings. The molecule has 0 saturated heterocycles. The Morgan fingerprint density at radius 2 is 1.88 bits per heavy atom. The lowest BCUT2D eigenvalue weighted by Crippen LogP contribution is -2.29. The maximum Gasteiger partial charge on any atom is 0.253 e. The maximum atomic E-state index is 14.5. The molecule has 8 heteroatoms. The van der Waals surface area contributed by atoms with Crippen LogP contribution in [0.2, 0.25) is 0 Å². The molecule has 0 aliphatic heterocycles. The molecule has 0 aliphatic carbocycles. The Labute approximate surface area is 189 Å². The first-order valence-corrected chi connectivity index (χ1v) is 10.5. The number of hydrogen-bond donors (Lipinski definition) is 1. The van der Waals surface area contributed by atoms with Crippen molar-refractivity contribution >= 4 is 28.0 Å². The number of benzene rings is 2. The zero-order chi connectivity index (χ0) is 23.2. The molecule has 0 aliphatic rings. The van der Waals surface area contributed by atoms with Gasteiger partial charge < -0.3 is 5.32 Å². The van der Waals surface area contributed by atoms with Crippen LogP contribution in [0.1, 0.15) is 29.8 Å². The molecule has 0 bridgehead atoms. The molecule has 0 radical (unpaired) electrons. The minimum Gasteiger partial charge on any atom is -0.355 e. The quantitative estimate of drug-likeness (QED) is 0.450. The summed E-state index contributed by atoms with van der Waals surface area (Å²) in [7, 11) is 1.46. The third-order valence-corrected chi connectivity index (χ3v) is 5.85. The SMILES string of the molecule is CNC(=O)c1ccc(-c2ccc3nnn(C(C)(C)c4cccc5cccnc45)c3n2)cc1F. The molecule has 0 atom stereocenters. The Hall–Kier alpha value is -4.20. The number of aromatic nitrogens is 5. The Morgan fingerprint density at radius 3 is 2.67 bits per heavy atom. The van der Waals surface area contributed by atoms with Crippen molar-refractivity contribution in [1.82, 2.24) is 30.3 Å². The fourth-order valence-corrected chi connectivity index (χ4v) is 4.05. The lowest BCUT2D eigenvalue weighted by Gasteiger charge is -2.26. The van der Waals surface area contributed by atoms with Crippen LogP contribution in [0.4, 0.5) is 4.39 Å². The Bertz CT molecular complexity index is 1520. The van der Waals surface area contributed by atoms with E-state index in [1.807, 2.05) is 50.2 Å². The standard InChI is InChI=1S/C25H21FN6O/c1-25(2,18-8-4-6-15-7-5-13-28-22(15)18)32-23-21(30-31-32)12-11-20(29-23)16-9-10-17(19(26)14-16)24(33)27-3/h4-14H,1-3H3,(H,27,33).